The van der Waals surface area contributed by atoms with Gasteiger partial charge in [-0.3, -0.25) is 0 Å². The van der Waals surface area contributed by atoms with Crippen LogP contribution in [0, 0.1) is 0 Å². The van der Waals surface area contributed by atoms with Crippen molar-refractivity contribution in [3.63, 3.8) is 0 Å². The van der Waals surface area contributed by atoms with E-state index in [1.807, 2.05) is 0 Å². The largest absolute Gasteiger partial charge is 0.550 e. The first-order valence-corrected chi connectivity index (χ1v) is 3.16. The van der Waals surface area contributed by atoms with E-state index in [-0.39, 0.29) is 12.2 Å². The topological polar surface area (TPSA) is 60.4 Å². The zero-order chi connectivity index (χ0) is 8.27. The van der Waals surface area contributed by atoms with E-state index in [0.717, 1.165) is 0 Å². The van der Waals surface area contributed by atoms with Gasteiger partial charge in [0.2, 0.25) is 0 Å². The molecule has 3 heteroatoms. The summed E-state index contributed by atoms with van der Waals surface area (Å²) >= 11 is 0. The number of carboxylic acid groups (broad SMARTS) is 1. The second kappa shape index (κ2) is 3.05. The van der Waals surface area contributed by atoms with Crippen molar-refractivity contribution in [3.8, 4) is 5.75 Å². The summed E-state index contributed by atoms with van der Waals surface area (Å²) in [6.07, 6.45) is -0.158. The number of phenolic OH excluding ortho intramolecular Hbond substituents is 1. The minimum Gasteiger partial charge on any atom is -0.550 e. The van der Waals surface area contributed by atoms with Crippen LogP contribution in [0.25, 0.3) is 0 Å². The van der Waals surface area contributed by atoms with Crippen LogP contribution in [-0.2, 0) is 11.2 Å². The molecule has 0 amide bonds. The van der Waals surface area contributed by atoms with Gasteiger partial charge in [-0.1, -0.05) is 12.1 Å². The van der Waals surface area contributed by atoms with E-state index in [9.17, 15) is 9.90 Å². The highest BCUT2D eigenvalue weighted by Crippen LogP contribution is 2.10. The summed E-state index contributed by atoms with van der Waals surface area (Å²) < 4.78 is 0. The van der Waals surface area contributed by atoms with Crippen molar-refractivity contribution < 1.29 is 15.0 Å². The Kier molecular flexibility index (Phi) is 2.11. The second-order valence-electron chi connectivity index (χ2n) is 2.22. The van der Waals surface area contributed by atoms with Gasteiger partial charge in [-0.05, 0) is 17.7 Å². The quantitative estimate of drug-likeness (QED) is 0.630. The summed E-state index contributed by atoms with van der Waals surface area (Å²) in [6, 6.07) is 6.09. The predicted molar refractivity (Wildman–Crippen MR) is 36.8 cm³/mol. The van der Waals surface area contributed by atoms with E-state index in [4.69, 9.17) is 5.11 Å². The predicted octanol–water partition coefficient (Wildman–Crippen LogP) is -0.315. The molecule has 11 heavy (non-hydrogen) atoms. The standard InChI is InChI=1S/C8H8O3/c9-7-3-1-2-6(4-7)5-8(10)11/h1-4,9H,5H2,(H,10,11)/p-1. The average molecular weight is 151 g/mol. The molecular weight excluding hydrogens is 144 g/mol. The van der Waals surface area contributed by atoms with Gasteiger partial charge in [-0.2, -0.15) is 0 Å². The molecule has 0 saturated carbocycles. The fourth-order valence-electron chi connectivity index (χ4n) is 0.833. The van der Waals surface area contributed by atoms with Crippen LogP contribution in [0.5, 0.6) is 5.75 Å². The van der Waals surface area contributed by atoms with Crippen LogP contribution in [0.3, 0.4) is 0 Å². The number of benzene rings is 1. The number of hydrogen-bond donors (Lipinski definition) is 1. The maximum absolute atomic E-state index is 10.1. The monoisotopic (exact) mass is 151 g/mol. The SMILES string of the molecule is O=C([O-])Cc1cccc(O)c1. The number of phenols is 1. The molecule has 1 rings (SSSR count). The second-order valence-corrected chi connectivity index (χ2v) is 2.22. The van der Waals surface area contributed by atoms with Gasteiger partial charge in [0, 0.05) is 12.4 Å². The highest BCUT2D eigenvalue weighted by atomic mass is 16.4. The van der Waals surface area contributed by atoms with E-state index >= 15 is 0 Å². The first kappa shape index (κ1) is 7.60. The summed E-state index contributed by atoms with van der Waals surface area (Å²) in [5, 5.41) is 19.0. The van der Waals surface area contributed by atoms with Crippen molar-refractivity contribution >= 4 is 5.97 Å². The molecule has 0 radical (unpaired) electrons. The van der Waals surface area contributed by atoms with Crippen LogP contribution >= 0.6 is 0 Å². The van der Waals surface area contributed by atoms with Crippen molar-refractivity contribution in [2.24, 2.45) is 0 Å². The number of carboxylic acids is 1. The van der Waals surface area contributed by atoms with Crippen molar-refractivity contribution in [1.82, 2.24) is 0 Å². The fraction of sp³-hybridized carbons (Fsp3) is 0.125. The molecule has 1 aromatic rings. The Labute approximate surface area is 63.9 Å². The summed E-state index contributed by atoms with van der Waals surface area (Å²) in [6.45, 7) is 0. The lowest BCUT2D eigenvalue weighted by atomic mass is 10.1. The van der Waals surface area contributed by atoms with Crippen LogP contribution in [0.1, 0.15) is 5.56 Å². The third kappa shape index (κ3) is 2.29. The molecule has 0 aliphatic heterocycles. The molecule has 1 aromatic carbocycles. The van der Waals surface area contributed by atoms with Crippen molar-refractivity contribution in [2.45, 2.75) is 6.42 Å². The molecule has 0 aliphatic carbocycles. The number of aliphatic carboxylic acids is 1. The summed E-state index contributed by atoms with van der Waals surface area (Å²) in [4.78, 5) is 10.1. The van der Waals surface area contributed by atoms with Gasteiger partial charge >= 0.3 is 0 Å². The molecule has 0 spiro atoms. The van der Waals surface area contributed by atoms with Gasteiger partial charge in [0.05, 0.1) is 0 Å². The van der Waals surface area contributed by atoms with E-state index in [0.29, 0.717) is 5.56 Å². The molecule has 1 N–H and O–H groups in total. The molecule has 0 bridgehead atoms. The summed E-state index contributed by atoms with van der Waals surface area (Å²) in [5.74, 6) is -1.07. The van der Waals surface area contributed by atoms with Crippen LogP contribution in [0.4, 0.5) is 0 Å². The molecule has 0 fully saturated rings. The molecule has 0 aliphatic rings. The van der Waals surface area contributed by atoms with Crippen LogP contribution in [0.15, 0.2) is 24.3 Å². The smallest absolute Gasteiger partial charge is 0.115 e. The number of carbonyl (C=O) groups excluding carboxylic acids is 1. The molecule has 3 nitrogen and oxygen atoms in total. The van der Waals surface area contributed by atoms with Gasteiger partial charge in [0.1, 0.15) is 5.75 Å². The Balaban J connectivity index is 2.79. The summed E-state index contributed by atoms with van der Waals surface area (Å²) in [5.41, 5.74) is 0.546. The fourth-order valence-corrected chi connectivity index (χ4v) is 0.833. The molecule has 0 saturated heterocycles. The maximum Gasteiger partial charge on any atom is 0.115 e. The van der Waals surface area contributed by atoms with Gasteiger partial charge in [-0.25, -0.2) is 0 Å². The lowest BCUT2D eigenvalue weighted by molar-refractivity contribution is -0.304. The Morgan fingerprint density at radius 3 is 2.82 bits per heavy atom. The van der Waals surface area contributed by atoms with Crippen molar-refractivity contribution in [2.75, 3.05) is 0 Å². The minimum atomic E-state index is -1.14. The van der Waals surface area contributed by atoms with E-state index < -0.39 is 5.97 Å². The van der Waals surface area contributed by atoms with Gasteiger partial charge in [0.25, 0.3) is 0 Å². The Morgan fingerprint density at radius 2 is 2.27 bits per heavy atom. The molecule has 0 aromatic heterocycles. The molecule has 0 heterocycles. The zero-order valence-electron chi connectivity index (χ0n) is 5.78. The molecule has 0 atom stereocenters. The van der Waals surface area contributed by atoms with Crippen LogP contribution in [0.2, 0.25) is 0 Å². The van der Waals surface area contributed by atoms with Gasteiger partial charge in [-0.15, -0.1) is 0 Å². The molecule has 0 unspecified atom stereocenters. The highest BCUT2D eigenvalue weighted by Gasteiger charge is 1.93. The normalized spacial score (nSPS) is 9.45. The first-order chi connectivity index (χ1) is 5.18. The maximum atomic E-state index is 10.1. The molecule has 58 valence electrons. The Morgan fingerprint density at radius 1 is 1.55 bits per heavy atom. The van der Waals surface area contributed by atoms with Crippen LogP contribution in [-0.4, -0.2) is 11.1 Å². The number of hydrogen-bond acceptors (Lipinski definition) is 3. The average Bonchev–Trinajstić information content (AvgIpc) is 1.85. The number of carbonyl (C=O) groups is 1. The van der Waals surface area contributed by atoms with Crippen molar-refractivity contribution in [1.29, 1.82) is 0 Å². The van der Waals surface area contributed by atoms with Gasteiger partial charge < -0.3 is 15.0 Å². The Bertz CT molecular complexity index is 268. The lowest BCUT2D eigenvalue weighted by Gasteiger charge is -2.01. The van der Waals surface area contributed by atoms with E-state index in [1.54, 1.807) is 12.1 Å². The summed E-state index contributed by atoms with van der Waals surface area (Å²) in [7, 11) is 0. The third-order valence-electron chi connectivity index (χ3n) is 1.26. The minimum absolute atomic E-state index is 0.0729. The number of aromatic hydroxyl groups is 1. The van der Waals surface area contributed by atoms with E-state index in [2.05, 4.69) is 0 Å². The van der Waals surface area contributed by atoms with Crippen LogP contribution < -0.4 is 5.11 Å². The van der Waals surface area contributed by atoms with Gasteiger partial charge in [0.15, 0.2) is 0 Å². The van der Waals surface area contributed by atoms with E-state index in [1.165, 1.54) is 12.1 Å². The molecular formula is C8H7O3-. The van der Waals surface area contributed by atoms with Crippen molar-refractivity contribution in [3.05, 3.63) is 29.8 Å². The third-order valence-corrected chi connectivity index (χ3v) is 1.26. The lowest BCUT2D eigenvalue weighted by Crippen LogP contribution is -2.24. The zero-order valence-corrected chi connectivity index (χ0v) is 5.78. The first-order valence-electron chi connectivity index (χ1n) is 3.16. The Hall–Kier alpha value is -1.51. The number of rotatable bonds is 2. The highest BCUT2D eigenvalue weighted by molar-refractivity contribution is 5.68.